The van der Waals surface area contributed by atoms with Crippen LogP contribution in [0.15, 0.2) is 51.2 Å². The maximum atomic E-state index is 13.6. The van der Waals surface area contributed by atoms with Crippen molar-refractivity contribution in [1.82, 2.24) is 9.55 Å². The molecule has 1 aromatic carbocycles. The van der Waals surface area contributed by atoms with Crippen LogP contribution in [0.1, 0.15) is 31.2 Å². The van der Waals surface area contributed by atoms with Gasteiger partial charge in [0, 0.05) is 42.3 Å². The summed E-state index contributed by atoms with van der Waals surface area (Å²) in [5.74, 6) is -2.00. The van der Waals surface area contributed by atoms with E-state index in [9.17, 15) is 29.3 Å². The largest absolute Gasteiger partial charge is 0.475 e. The van der Waals surface area contributed by atoms with Crippen molar-refractivity contribution in [2.24, 2.45) is 5.11 Å². The van der Waals surface area contributed by atoms with E-state index in [1.165, 1.54) is 7.11 Å². The zero-order valence-corrected chi connectivity index (χ0v) is 25.6. The molecule has 3 heterocycles. The maximum absolute atomic E-state index is 13.6. The zero-order valence-electron chi connectivity index (χ0n) is 23.9. The molecule has 45 heavy (non-hydrogen) atoms. The molecule has 0 spiro atoms. The summed E-state index contributed by atoms with van der Waals surface area (Å²) in [5, 5.41) is 4.06. The van der Waals surface area contributed by atoms with Gasteiger partial charge in [-0.3, -0.25) is 27.9 Å². The summed E-state index contributed by atoms with van der Waals surface area (Å²) in [4.78, 5) is 54.7. The van der Waals surface area contributed by atoms with Gasteiger partial charge in [-0.1, -0.05) is 28.8 Å². The highest BCUT2D eigenvalue weighted by Gasteiger charge is 2.61. The first-order valence-corrected chi connectivity index (χ1v) is 15.2. The molecule has 2 aromatic rings. The highest BCUT2D eigenvalue weighted by Crippen LogP contribution is 2.58. The van der Waals surface area contributed by atoms with Gasteiger partial charge < -0.3 is 23.7 Å². The number of azide groups is 1. The number of aromatic nitrogens is 2. The van der Waals surface area contributed by atoms with Gasteiger partial charge in [-0.15, -0.1) is 0 Å². The van der Waals surface area contributed by atoms with Crippen molar-refractivity contribution in [3.8, 4) is 0 Å². The fourth-order valence-corrected chi connectivity index (χ4v) is 6.13. The Morgan fingerprint density at radius 2 is 2.02 bits per heavy atom. The third kappa shape index (κ3) is 8.38. The molecule has 0 radical (unpaired) electrons. The minimum absolute atomic E-state index is 0.0663. The van der Waals surface area contributed by atoms with Crippen molar-refractivity contribution in [3.05, 3.63) is 78.4 Å². The smallest absolute Gasteiger partial charge is 0.453 e. The second-order valence-electron chi connectivity index (χ2n) is 9.49. The number of hydrogen-bond acceptors (Lipinski definition) is 14. The number of esters is 2. The van der Waals surface area contributed by atoms with Crippen LogP contribution in [-0.2, 0) is 51.4 Å². The van der Waals surface area contributed by atoms with Gasteiger partial charge in [-0.05, 0) is 30.2 Å². The summed E-state index contributed by atoms with van der Waals surface area (Å²) in [6.07, 6.45) is -4.71. The molecule has 1 N–H and O–H groups in total. The average Bonchev–Trinajstić information content (AvgIpc) is 3.27. The third-order valence-corrected chi connectivity index (χ3v) is 8.13. The van der Waals surface area contributed by atoms with Gasteiger partial charge in [-0.2, -0.15) is 0 Å². The average molecular weight is 674 g/mol. The van der Waals surface area contributed by atoms with Crippen LogP contribution in [0.2, 0.25) is 5.02 Å². The fourth-order valence-electron chi connectivity index (χ4n) is 4.52. The molecule has 1 aromatic heterocycles. The molecular weight excluding hydrogens is 645 g/mol. The van der Waals surface area contributed by atoms with Crippen LogP contribution in [0.4, 0.5) is 0 Å². The first-order valence-electron chi connectivity index (χ1n) is 13.4. The Labute approximate surface area is 259 Å². The highest BCUT2D eigenvalue weighted by atomic mass is 35.5. The normalized spacial score (nSPS) is 27.8. The van der Waals surface area contributed by atoms with Crippen LogP contribution in [0.25, 0.3) is 10.4 Å². The van der Waals surface area contributed by atoms with Crippen molar-refractivity contribution in [3.63, 3.8) is 0 Å². The molecule has 20 heteroatoms. The quantitative estimate of drug-likeness (QED) is 0.106. The lowest BCUT2D eigenvalue weighted by molar-refractivity contribution is -0.177. The van der Waals surface area contributed by atoms with E-state index in [0.29, 0.717) is 10.6 Å². The first-order chi connectivity index (χ1) is 21.5. The third-order valence-electron chi connectivity index (χ3n) is 6.44. The number of methoxy groups -OCH3 is 1. The molecule has 2 fully saturated rings. The van der Waals surface area contributed by atoms with Crippen LogP contribution >= 0.6 is 19.4 Å². The molecule has 0 saturated carbocycles. The number of carbonyl (C=O) groups is 2. The van der Waals surface area contributed by atoms with Crippen molar-refractivity contribution in [2.75, 3.05) is 40.1 Å². The summed E-state index contributed by atoms with van der Waals surface area (Å²) >= 11 is 6.09. The predicted molar refractivity (Wildman–Crippen MR) is 151 cm³/mol. The Kier molecular flexibility index (Phi) is 11.5. The summed E-state index contributed by atoms with van der Waals surface area (Å²) in [6, 6.07) is 7.61. The maximum Gasteiger partial charge on any atom is 0.475 e. The van der Waals surface area contributed by atoms with Gasteiger partial charge in [0.1, 0.15) is 13.2 Å². The van der Waals surface area contributed by atoms with Gasteiger partial charge in [0.25, 0.3) is 5.56 Å². The lowest BCUT2D eigenvalue weighted by Gasteiger charge is -2.33. The molecule has 0 bridgehead atoms. The molecule has 244 valence electrons. The zero-order chi connectivity index (χ0) is 32.6. The van der Waals surface area contributed by atoms with Crippen LogP contribution in [0.5, 0.6) is 0 Å². The number of nitrogens with one attached hydrogen (secondary N) is 1. The Hall–Kier alpha value is -3.57. The lowest BCUT2D eigenvalue weighted by Crippen LogP contribution is -2.49. The van der Waals surface area contributed by atoms with Crippen LogP contribution in [0.3, 0.4) is 0 Å². The summed E-state index contributed by atoms with van der Waals surface area (Å²) in [6.45, 7) is -0.404. The number of phosphoric ester groups is 1. The molecule has 6 atom stereocenters. The number of hydrogen-bond donors (Lipinski definition) is 1. The first kappa shape index (κ1) is 34.3. The lowest BCUT2D eigenvalue weighted by atomic mass is 10.1. The minimum atomic E-state index is -4.43. The molecule has 0 aliphatic carbocycles. The molecule has 4 rings (SSSR count). The standard InChI is InChI=1S/C25H29ClN5O13P/c1-3-38-13-20(34)41-21-22(42-19(33)12-37-2)25(29-30-27,43-23(21)31-9-7-18(32)28-24(31)35)14-40-45(36)39-10-8-17(44-45)15-5-4-6-16(26)11-15/h4-7,9,11,17,21-23H,3,8,10,12-14H2,1-2H3,(H,28,32,35)/t17-,21+,22-,23+,25+,45?/m0/s1. The summed E-state index contributed by atoms with van der Waals surface area (Å²) in [5.41, 5.74) is 5.92. The minimum Gasteiger partial charge on any atom is -0.453 e. The number of rotatable bonds is 13. The Balaban J connectivity index is 1.73. The number of carbonyl (C=O) groups excluding carboxylic acids is 2. The molecule has 2 aliphatic rings. The SMILES string of the molecule is CCOCC(=O)O[C@H]1[C@H](n2ccc(=O)[nH]c2=O)O[C@@](COP2(=O)OCC[C@@H](c3cccc(Cl)c3)O2)(N=[N+]=[N-])[C@H]1OC(=O)COC. The Bertz CT molecular complexity index is 1600. The van der Waals surface area contributed by atoms with Gasteiger partial charge in [0.15, 0.2) is 18.4 Å². The van der Waals surface area contributed by atoms with E-state index in [2.05, 4.69) is 10.0 Å². The van der Waals surface area contributed by atoms with Crippen molar-refractivity contribution in [2.45, 2.75) is 43.6 Å². The van der Waals surface area contributed by atoms with Crippen LogP contribution in [-0.4, -0.2) is 79.6 Å². The van der Waals surface area contributed by atoms with Gasteiger partial charge >= 0.3 is 25.5 Å². The van der Waals surface area contributed by atoms with Gasteiger partial charge in [0.2, 0.25) is 5.72 Å². The second kappa shape index (κ2) is 15.1. The number of ether oxygens (including phenoxy) is 5. The van der Waals surface area contributed by atoms with E-state index >= 15 is 0 Å². The van der Waals surface area contributed by atoms with Crippen molar-refractivity contribution >= 4 is 31.4 Å². The Morgan fingerprint density at radius 1 is 1.24 bits per heavy atom. The van der Waals surface area contributed by atoms with E-state index in [0.717, 1.165) is 16.8 Å². The number of phosphoric acid groups is 1. The van der Waals surface area contributed by atoms with E-state index in [4.69, 9.17) is 48.9 Å². The van der Waals surface area contributed by atoms with E-state index in [1.807, 2.05) is 4.98 Å². The number of H-pyrrole nitrogens is 1. The van der Waals surface area contributed by atoms with Crippen LogP contribution in [0, 0.1) is 0 Å². The molecule has 2 aliphatic heterocycles. The van der Waals surface area contributed by atoms with E-state index in [1.54, 1.807) is 31.2 Å². The number of aromatic amines is 1. The Morgan fingerprint density at radius 3 is 2.71 bits per heavy atom. The van der Waals surface area contributed by atoms with Crippen LogP contribution < -0.4 is 11.2 Å². The van der Waals surface area contributed by atoms with Crippen molar-refractivity contribution < 1.29 is 51.4 Å². The molecule has 18 nitrogen and oxygen atoms in total. The molecule has 2 saturated heterocycles. The predicted octanol–water partition coefficient (Wildman–Crippen LogP) is 2.53. The van der Waals surface area contributed by atoms with Gasteiger partial charge in [-0.25, -0.2) is 18.9 Å². The molecular formula is C25H29ClN5O13P. The topological polar surface area (TPSA) is 229 Å². The molecule has 1 unspecified atom stereocenters. The van der Waals surface area contributed by atoms with E-state index in [-0.39, 0.29) is 19.6 Å². The van der Waals surface area contributed by atoms with Crippen molar-refractivity contribution in [1.29, 1.82) is 0 Å². The molecule has 0 amide bonds. The number of halogens is 1. The second-order valence-corrected chi connectivity index (χ2v) is 11.5. The van der Waals surface area contributed by atoms with E-state index < -0.39 is 81.1 Å². The summed E-state index contributed by atoms with van der Waals surface area (Å²) in [7, 11) is -3.22. The fraction of sp³-hybridized carbons (Fsp3) is 0.520. The summed E-state index contributed by atoms with van der Waals surface area (Å²) < 4.78 is 57.9. The van der Waals surface area contributed by atoms with Gasteiger partial charge in [0.05, 0.1) is 19.3 Å². The number of nitrogens with zero attached hydrogens (tertiary/aromatic N) is 4. The highest BCUT2D eigenvalue weighted by molar-refractivity contribution is 7.48. The number of benzene rings is 1. The monoisotopic (exact) mass is 673 g/mol.